The highest BCUT2D eigenvalue weighted by Crippen LogP contribution is 2.35. The van der Waals surface area contributed by atoms with Gasteiger partial charge in [-0.1, -0.05) is 36.4 Å². The summed E-state index contributed by atoms with van der Waals surface area (Å²) in [6.45, 7) is 3.83. The van der Waals surface area contributed by atoms with E-state index in [1.54, 1.807) is 30.3 Å². The highest BCUT2D eigenvalue weighted by Gasteiger charge is 2.35. The van der Waals surface area contributed by atoms with Crippen LogP contribution in [0.15, 0.2) is 71.6 Å². The first-order chi connectivity index (χ1) is 18.7. The number of anilines is 1. The van der Waals surface area contributed by atoms with E-state index in [1.165, 1.54) is 24.3 Å². The predicted molar refractivity (Wildman–Crippen MR) is 148 cm³/mol. The van der Waals surface area contributed by atoms with E-state index >= 15 is 0 Å². The van der Waals surface area contributed by atoms with Gasteiger partial charge < -0.3 is 14.8 Å². The van der Waals surface area contributed by atoms with E-state index in [4.69, 9.17) is 9.47 Å². The summed E-state index contributed by atoms with van der Waals surface area (Å²) in [4.78, 5) is 49.5. The SMILES string of the molecule is CCOc1cc(/C=C2/SC(=O)N(Cc3ccc([N+](=O)[O-])cc3)C2=O)ccc1OCC(=O)Nc1ccccc1C. The fourth-order valence-corrected chi connectivity index (χ4v) is 4.58. The Hall–Kier alpha value is -4.64. The summed E-state index contributed by atoms with van der Waals surface area (Å²) in [6.07, 6.45) is 1.58. The van der Waals surface area contributed by atoms with E-state index in [0.29, 0.717) is 34.9 Å². The summed E-state index contributed by atoms with van der Waals surface area (Å²) in [5, 5.41) is 13.2. The third-order valence-electron chi connectivity index (χ3n) is 5.70. The monoisotopic (exact) mass is 547 g/mol. The minimum Gasteiger partial charge on any atom is -0.490 e. The number of hydrogen-bond donors (Lipinski definition) is 1. The van der Waals surface area contributed by atoms with Crippen LogP contribution in [0.1, 0.15) is 23.6 Å². The molecule has 0 atom stereocenters. The average molecular weight is 548 g/mol. The summed E-state index contributed by atoms with van der Waals surface area (Å²) in [5.41, 5.74) is 2.76. The number of imide groups is 1. The van der Waals surface area contributed by atoms with Gasteiger partial charge in [-0.25, -0.2) is 0 Å². The molecule has 1 N–H and O–H groups in total. The summed E-state index contributed by atoms with van der Waals surface area (Å²) in [6, 6.07) is 18.1. The fourth-order valence-electron chi connectivity index (χ4n) is 3.74. The van der Waals surface area contributed by atoms with Crippen molar-refractivity contribution in [2.75, 3.05) is 18.5 Å². The van der Waals surface area contributed by atoms with Gasteiger partial charge in [0.25, 0.3) is 22.7 Å². The molecule has 11 heteroatoms. The quantitative estimate of drug-likeness (QED) is 0.199. The van der Waals surface area contributed by atoms with E-state index in [9.17, 15) is 24.5 Å². The van der Waals surface area contributed by atoms with Gasteiger partial charge in [-0.05, 0) is 66.6 Å². The first-order valence-corrected chi connectivity index (χ1v) is 12.8. The summed E-state index contributed by atoms with van der Waals surface area (Å²) in [7, 11) is 0. The van der Waals surface area contributed by atoms with E-state index in [-0.39, 0.29) is 29.7 Å². The maximum absolute atomic E-state index is 12.9. The van der Waals surface area contributed by atoms with Crippen molar-refractivity contribution in [3.63, 3.8) is 0 Å². The predicted octanol–water partition coefficient (Wildman–Crippen LogP) is 5.56. The van der Waals surface area contributed by atoms with Crippen molar-refractivity contribution in [2.45, 2.75) is 20.4 Å². The number of aryl methyl sites for hydroxylation is 1. The molecule has 4 rings (SSSR count). The third-order valence-corrected chi connectivity index (χ3v) is 6.61. The van der Waals surface area contributed by atoms with Crippen LogP contribution in [0.3, 0.4) is 0 Å². The molecule has 1 aliphatic heterocycles. The average Bonchev–Trinajstić information content (AvgIpc) is 3.17. The maximum Gasteiger partial charge on any atom is 0.293 e. The van der Waals surface area contributed by atoms with Crippen LogP contribution < -0.4 is 14.8 Å². The Morgan fingerprint density at radius 3 is 2.49 bits per heavy atom. The number of nitrogens with one attached hydrogen (secondary N) is 1. The van der Waals surface area contributed by atoms with Crippen LogP contribution in [0.5, 0.6) is 11.5 Å². The van der Waals surface area contributed by atoms with Crippen molar-refractivity contribution in [2.24, 2.45) is 0 Å². The fraction of sp³-hybridized carbons (Fsp3) is 0.179. The Kier molecular flexibility index (Phi) is 8.62. The third kappa shape index (κ3) is 6.82. The molecule has 10 nitrogen and oxygen atoms in total. The van der Waals surface area contributed by atoms with Crippen molar-refractivity contribution < 1.29 is 28.8 Å². The van der Waals surface area contributed by atoms with Gasteiger partial charge >= 0.3 is 0 Å². The zero-order valence-electron chi connectivity index (χ0n) is 21.2. The Morgan fingerprint density at radius 1 is 1.05 bits per heavy atom. The number of nitro groups is 1. The molecule has 3 aromatic rings. The molecule has 0 radical (unpaired) electrons. The van der Waals surface area contributed by atoms with E-state index < -0.39 is 16.1 Å². The lowest BCUT2D eigenvalue weighted by molar-refractivity contribution is -0.384. The van der Waals surface area contributed by atoms with Crippen molar-refractivity contribution in [3.8, 4) is 11.5 Å². The number of amides is 3. The van der Waals surface area contributed by atoms with Gasteiger partial charge in [-0.3, -0.25) is 29.4 Å². The van der Waals surface area contributed by atoms with Crippen LogP contribution in [-0.2, 0) is 16.1 Å². The van der Waals surface area contributed by atoms with Gasteiger partial charge in [-0.2, -0.15) is 0 Å². The number of nitro benzene ring substituents is 1. The molecule has 1 saturated heterocycles. The van der Waals surface area contributed by atoms with Gasteiger partial charge in [0.2, 0.25) is 0 Å². The van der Waals surface area contributed by atoms with E-state index in [0.717, 1.165) is 22.2 Å². The van der Waals surface area contributed by atoms with Crippen molar-refractivity contribution in [1.82, 2.24) is 4.90 Å². The molecular weight excluding hydrogens is 522 g/mol. The molecule has 0 unspecified atom stereocenters. The second kappa shape index (κ2) is 12.3. The van der Waals surface area contributed by atoms with Crippen LogP contribution in [0, 0.1) is 17.0 Å². The zero-order valence-corrected chi connectivity index (χ0v) is 22.0. The van der Waals surface area contributed by atoms with Gasteiger partial charge in [0.05, 0.1) is 23.0 Å². The number of nitrogens with zero attached hydrogens (tertiary/aromatic N) is 2. The van der Waals surface area contributed by atoms with Crippen molar-refractivity contribution in [1.29, 1.82) is 0 Å². The number of rotatable bonds is 10. The molecule has 39 heavy (non-hydrogen) atoms. The number of non-ortho nitro benzene ring substituents is 1. The lowest BCUT2D eigenvalue weighted by Crippen LogP contribution is -2.27. The Balaban J connectivity index is 1.44. The normalized spacial score (nSPS) is 14.0. The molecule has 200 valence electrons. The van der Waals surface area contributed by atoms with Crippen LogP contribution in [0.4, 0.5) is 16.2 Å². The minimum absolute atomic E-state index is 0.00153. The second-order valence-electron chi connectivity index (χ2n) is 8.48. The summed E-state index contributed by atoms with van der Waals surface area (Å²) in [5.74, 6) is -0.0349. The van der Waals surface area contributed by atoms with Gasteiger partial charge in [-0.15, -0.1) is 0 Å². The molecule has 0 bridgehead atoms. The molecule has 3 amide bonds. The van der Waals surface area contributed by atoms with Gasteiger partial charge in [0.15, 0.2) is 18.1 Å². The first-order valence-electron chi connectivity index (χ1n) is 12.0. The highest BCUT2D eigenvalue weighted by atomic mass is 32.2. The molecule has 1 aliphatic rings. The van der Waals surface area contributed by atoms with Crippen LogP contribution in [0.25, 0.3) is 6.08 Å². The lowest BCUT2D eigenvalue weighted by Gasteiger charge is -2.13. The molecular formula is C28H25N3O7S. The number of carbonyl (C=O) groups excluding carboxylic acids is 3. The van der Waals surface area contributed by atoms with Crippen LogP contribution in [0.2, 0.25) is 0 Å². The first kappa shape index (κ1) is 27.4. The topological polar surface area (TPSA) is 128 Å². The number of thioether (sulfide) groups is 1. The molecule has 0 aromatic heterocycles. The molecule has 3 aromatic carbocycles. The number of para-hydroxylation sites is 1. The zero-order chi connectivity index (χ0) is 27.9. The molecule has 1 fully saturated rings. The molecule has 0 saturated carbocycles. The standard InChI is InChI=1S/C28H25N3O7S/c1-3-37-24-14-20(10-13-23(24)38-17-26(32)29-22-7-5-4-6-18(22)2)15-25-27(33)30(28(34)39-25)16-19-8-11-21(12-9-19)31(35)36/h4-15H,3,16-17H2,1-2H3,(H,29,32)/b25-15+. The van der Waals surface area contributed by atoms with Gasteiger partial charge in [0.1, 0.15) is 0 Å². The summed E-state index contributed by atoms with van der Waals surface area (Å²) < 4.78 is 11.4. The smallest absolute Gasteiger partial charge is 0.293 e. The molecule has 1 heterocycles. The largest absolute Gasteiger partial charge is 0.490 e. The van der Waals surface area contributed by atoms with Gasteiger partial charge in [0, 0.05) is 17.8 Å². The van der Waals surface area contributed by atoms with E-state index in [1.807, 2.05) is 32.0 Å². The van der Waals surface area contributed by atoms with E-state index in [2.05, 4.69) is 5.32 Å². The number of carbonyl (C=O) groups is 3. The molecule has 0 spiro atoms. The Bertz CT molecular complexity index is 1450. The Morgan fingerprint density at radius 2 is 1.79 bits per heavy atom. The van der Waals surface area contributed by atoms with Crippen molar-refractivity contribution >= 4 is 46.3 Å². The van der Waals surface area contributed by atoms with Crippen molar-refractivity contribution in [3.05, 3.63) is 98.4 Å². The number of benzene rings is 3. The van der Waals surface area contributed by atoms with Crippen LogP contribution >= 0.6 is 11.8 Å². The lowest BCUT2D eigenvalue weighted by atomic mass is 10.1. The number of hydrogen-bond acceptors (Lipinski definition) is 8. The minimum atomic E-state index is -0.514. The number of ether oxygens (including phenoxy) is 2. The summed E-state index contributed by atoms with van der Waals surface area (Å²) >= 11 is 0.809. The molecule has 0 aliphatic carbocycles. The second-order valence-corrected chi connectivity index (χ2v) is 9.48. The van der Waals surface area contributed by atoms with Crippen LogP contribution in [-0.4, -0.2) is 40.1 Å². The maximum atomic E-state index is 12.9. The Labute approximate surface area is 228 Å². The highest BCUT2D eigenvalue weighted by molar-refractivity contribution is 8.18.